The summed E-state index contributed by atoms with van der Waals surface area (Å²) in [6.07, 6.45) is 6.49. The highest BCUT2D eigenvalue weighted by Gasteiger charge is 2.22. The lowest BCUT2D eigenvalue weighted by molar-refractivity contribution is -0.137. The van der Waals surface area contributed by atoms with Gasteiger partial charge >= 0.3 is 5.97 Å². The number of benzene rings is 1. The van der Waals surface area contributed by atoms with Crippen molar-refractivity contribution in [2.75, 3.05) is 16.8 Å². The molecule has 0 saturated heterocycles. The largest absolute Gasteiger partial charge is 0.481 e. The summed E-state index contributed by atoms with van der Waals surface area (Å²) in [7, 11) is 0. The van der Waals surface area contributed by atoms with Gasteiger partial charge in [-0.25, -0.2) is 9.97 Å². The maximum absolute atomic E-state index is 11.2. The molecule has 0 aliphatic heterocycles. The summed E-state index contributed by atoms with van der Waals surface area (Å²) < 4.78 is 0. The van der Waals surface area contributed by atoms with Crippen molar-refractivity contribution in [2.24, 2.45) is 5.92 Å². The number of carboxylic acid groups (broad SMARTS) is 1. The van der Waals surface area contributed by atoms with Gasteiger partial charge in [-0.3, -0.25) is 4.79 Å². The van der Waals surface area contributed by atoms with Crippen LogP contribution < -0.4 is 10.2 Å². The highest BCUT2D eigenvalue weighted by molar-refractivity contribution is 6.29. The topological polar surface area (TPSA) is 78.4 Å². The second-order valence-electron chi connectivity index (χ2n) is 8.52. The Morgan fingerprint density at radius 3 is 2.48 bits per heavy atom. The van der Waals surface area contributed by atoms with E-state index in [-0.39, 0.29) is 12.3 Å². The quantitative estimate of drug-likeness (QED) is 0.387. The van der Waals surface area contributed by atoms with Crippen molar-refractivity contribution >= 4 is 34.8 Å². The fourth-order valence-corrected chi connectivity index (χ4v) is 3.95. The summed E-state index contributed by atoms with van der Waals surface area (Å²) in [6.45, 7) is 11.8. The highest BCUT2D eigenvalue weighted by Crippen LogP contribution is 2.35. The van der Waals surface area contributed by atoms with E-state index in [1.54, 1.807) is 6.20 Å². The van der Waals surface area contributed by atoms with Gasteiger partial charge in [0.05, 0.1) is 30.2 Å². The van der Waals surface area contributed by atoms with Gasteiger partial charge in [0, 0.05) is 12.6 Å². The van der Waals surface area contributed by atoms with Crippen LogP contribution in [0.3, 0.4) is 0 Å². The molecule has 0 amide bonds. The molecule has 0 aliphatic rings. The predicted molar refractivity (Wildman–Crippen MR) is 129 cm³/mol. The van der Waals surface area contributed by atoms with Crippen molar-refractivity contribution in [2.45, 2.75) is 72.3 Å². The molecule has 0 fully saturated rings. The van der Waals surface area contributed by atoms with E-state index in [4.69, 9.17) is 11.6 Å². The summed E-state index contributed by atoms with van der Waals surface area (Å²) in [6, 6.07) is 6.63. The van der Waals surface area contributed by atoms with E-state index in [1.165, 1.54) is 6.20 Å². The lowest BCUT2D eigenvalue weighted by atomic mass is 9.95. The number of nitrogens with zero attached hydrogens (tertiary/aromatic N) is 3. The molecule has 1 heterocycles. The van der Waals surface area contributed by atoms with Crippen LogP contribution in [0, 0.1) is 5.92 Å². The Hall–Kier alpha value is -2.34. The van der Waals surface area contributed by atoms with Crippen molar-refractivity contribution in [1.29, 1.82) is 0 Å². The van der Waals surface area contributed by atoms with Crippen LogP contribution in [0.4, 0.5) is 17.2 Å². The third-order valence-electron chi connectivity index (χ3n) is 5.36. The molecule has 1 aromatic heterocycles. The van der Waals surface area contributed by atoms with Crippen LogP contribution in [0.1, 0.15) is 71.8 Å². The molecular weight excluding hydrogens is 412 g/mol. The van der Waals surface area contributed by atoms with Gasteiger partial charge in [-0.15, -0.1) is 0 Å². The van der Waals surface area contributed by atoms with E-state index < -0.39 is 5.97 Å². The predicted octanol–water partition coefficient (Wildman–Crippen LogP) is 6.49. The maximum Gasteiger partial charge on any atom is 0.303 e. The average Bonchev–Trinajstić information content (AvgIpc) is 2.71. The monoisotopic (exact) mass is 446 g/mol. The fraction of sp³-hybridized carbons (Fsp3) is 0.542. The number of rotatable bonds is 12. The summed E-state index contributed by atoms with van der Waals surface area (Å²) in [4.78, 5) is 22.2. The lowest BCUT2D eigenvalue weighted by Crippen LogP contribution is -2.38. The summed E-state index contributed by atoms with van der Waals surface area (Å²) in [5, 5.41) is 13.0. The number of aliphatic carboxylic acids is 1. The molecule has 0 aliphatic carbocycles. The summed E-state index contributed by atoms with van der Waals surface area (Å²) >= 11 is 5.90. The Morgan fingerprint density at radius 2 is 1.94 bits per heavy atom. The zero-order valence-corrected chi connectivity index (χ0v) is 20.0. The zero-order valence-electron chi connectivity index (χ0n) is 19.2. The molecule has 0 saturated carbocycles. The van der Waals surface area contributed by atoms with Gasteiger partial charge in [-0.05, 0) is 42.4 Å². The Bertz CT molecular complexity index is 842. The van der Waals surface area contributed by atoms with Gasteiger partial charge < -0.3 is 15.3 Å². The molecular formula is C24H35ClN4O2. The first kappa shape index (κ1) is 24.9. The number of anilines is 3. The van der Waals surface area contributed by atoms with Crippen molar-refractivity contribution in [3.8, 4) is 0 Å². The van der Waals surface area contributed by atoms with Gasteiger partial charge in [0.2, 0.25) is 0 Å². The molecule has 2 atom stereocenters. The van der Waals surface area contributed by atoms with Crippen LogP contribution >= 0.6 is 11.6 Å². The fourth-order valence-electron chi connectivity index (χ4n) is 3.86. The molecule has 7 heteroatoms. The highest BCUT2D eigenvalue weighted by atomic mass is 35.5. The maximum atomic E-state index is 11.2. The smallest absolute Gasteiger partial charge is 0.303 e. The molecule has 2 aromatic rings. The first-order chi connectivity index (χ1) is 14.7. The first-order valence-corrected chi connectivity index (χ1v) is 11.5. The minimum absolute atomic E-state index is 0.0860. The van der Waals surface area contributed by atoms with Crippen LogP contribution in [-0.4, -0.2) is 33.6 Å². The Labute approximate surface area is 191 Å². The van der Waals surface area contributed by atoms with Gasteiger partial charge in [0.25, 0.3) is 0 Å². The van der Waals surface area contributed by atoms with Gasteiger partial charge in [-0.1, -0.05) is 58.7 Å². The normalized spacial score (nSPS) is 13.1. The van der Waals surface area contributed by atoms with E-state index in [1.807, 2.05) is 19.1 Å². The molecule has 0 bridgehead atoms. The van der Waals surface area contributed by atoms with Crippen LogP contribution in [0.15, 0.2) is 30.6 Å². The second kappa shape index (κ2) is 11.9. The molecule has 31 heavy (non-hydrogen) atoms. The zero-order chi connectivity index (χ0) is 23.0. The van der Waals surface area contributed by atoms with Crippen LogP contribution in [0.2, 0.25) is 5.15 Å². The number of aromatic nitrogens is 2. The number of hydrogen-bond donors (Lipinski definition) is 2. The van der Waals surface area contributed by atoms with Crippen LogP contribution in [0.5, 0.6) is 0 Å². The van der Waals surface area contributed by atoms with E-state index in [2.05, 4.69) is 53.9 Å². The lowest BCUT2D eigenvalue weighted by Gasteiger charge is -2.36. The minimum Gasteiger partial charge on any atom is -0.481 e. The standard InChI is InChI=1S/C24H35ClN4O2/c1-6-8-19(7-2)29(15-16(3)4)21-10-9-18(17(5)11-24(30)31)12-20(21)28-23-14-26-22(25)13-27-23/h9-10,12-14,16-17,19H,6-8,11,15H2,1-5H3,(H,27,28)(H,30,31). The summed E-state index contributed by atoms with van der Waals surface area (Å²) in [5.41, 5.74) is 2.97. The number of carboxylic acids is 1. The number of carbonyl (C=O) groups is 1. The van der Waals surface area contributed by atoms with E-state index in [0.717, 1.165) is 42.7 Å². The van der Waals surface area contributed by atoms with E-state index >= 15 is 0 Å². The Balaban J connectivity index is 2.52. The molecule has 1 aromatic carbocycles. The van der Waals surface area contributed by atoms with Crippen LogP contribution in [0.25, 0.3) is 0 Å². The average molecular weight is 447 g/mol. The van der Waals surface area contributed by atoms with Crippen molar-refractivity contribution < 1.29 is 9.90 Å². The summed E-state index contributed by atoms with van der Waals surface area (Å²) in [5.74, 6) is 0.200. The molecule has 6 nitrogen and oxygen atoms in total. The number of halogens is 1. The molecule has 0 spiro atoms. The molecule has 0 radical (unpaired) electrons. The molecule has 2 rings (SSSR count). The van der Waals surface area contributed by atoms with E-state index in [0.29, 0.717) is 22.9 Å². The molecule has 2 N–H and O–H groups in total. The van der Waals surface area contributed by atoms with Crippen molar-refractivity contribution in [3.05, 3.63) is 41.3 Å². The van der Waals surface area contributed by atoms with Crippen molar-refractivity contribution in [1.82, 2.24) is 9.97 Å². The minimum atomic E-state index is -0.801. The van der Waals surface area contributed by atoms with Gasteiger partial charge in [0.1, 0.15) is 11.0 Å². The van der Waals surface area contributed by atoms with E-state index in [9.17, 15) is 9.90 Å². The third-order valence-corrected chi connectivity index (χ3v) is 5.55. The Kier molecular flexibility index (Phi) is 9.56. The number of hydrogen-bond acceptors (Lipinski definition) is 5. The van der Waals surface area contributed by atoms with Crippen molar-refractivity contribution in [3.63, 3.8) is 0 Å². The molecule has 2 unspecified atom stereocenters. The van der Waals surface area contributed by atoms with Crippen LogP contribution in [-0.2, 0) is 4.79 Å². The Morgan fingerprint density at radius 1 is 1.19 bits per heavy atom. The van der Waals surface area contributed by atoms with Gasteiger partial charge in [0.15, 0.2) is 0 Å². The van der Waals surface area contributed by atoms with Gasteiger partial charge in [-0.2, -0.15) is 0 Å². The third kappa shape index (κ3) is 7.39. The second-order valence-corrected chi connectivity index (χ2v) is 8.91. The number of nitrogens with one attached hydrogen (secondary N) is 1. The first-order valence-electron chi connectivity index (χ1n) is 11.1. The molecule has 170 valence electrons. The SMILES string of the molecule is CCCC(CC)N(CC(C)C)c1ccc(C(C)CC(=O)O)cc1Nc1cnc(Cl)cn1.